The summed E-state index contributed by atoms with van der Waals surface area (Å²) in [5, 5.41) is 9.22. The molecule has 0 unspecified atom stereocenters. The summed E-state index contributed by atoms with van der Waals surface area (Å²) in [4.78, 5) is 10.5. The van der Waals surface area contributed by atoms with Gasteiger partial charge in [0.25, 0.3) is 0 Å². The monoisotopic (exact) mass is 337 g/mol. The first-order valence-electron chi connectivity index (χ1n) is 6.21. The van der Waals surface area contributed by atoms with E-state index in [-0.39, 0.29) is 6.61 Å². The third-order valence-corrected chi connectivity index (χ3v) is 3.31. The van der Waals surface area contributed by atoms with E-state index in [2.05, 4.69) is 25.9 Å². The second-order valence-corrected chi connectivity index (χ2v) is 5.01. The smallest absolute Gasteiger partial charge is 0.232 e. The van der Waals surface area contributed by atoms with E-state index >= 15 is 0 Å². The Balaban J connectivity index is 2.24. The SMILES string of the molecule is COc1nc(N(CCO)Cc2ccccc2)ncc1Br. The molecule has 0 aliphatic rings. The first kappa shape index (κ1) is 14.7. The van der Waals surface area contributed by atoms with Crippen molar-refractivity contribution in [3.05, 3.63) is 46.6 Å². The summed E-state index contributed by atoms with van der Waals surface area (Å²) in [6.45, 7) is 1.13. The molecule has 2 aromatic rings. The second kappa shape index (κ2) is 7.21. The van der Waals surface area contributed by atoms with Crippen molar-refractivity contribution >= 4 is 21.9 Å². The van der Waals surface area contributed by atoms with Gasteiger partial charge in [-0.25, -0.2) is 4.98 Å². The Morgan fingerprint density at radius 2 is 2.05 bits per heavy atom. The lowest BCUT2D eigenvalue weighted by molar-refractivity contribution is 0.300. The number of hydrogen-bond donors (Lipinski definition) is 1. The maximum absolute atomic E-state index is 9.22. The lowest BCUT2D eigenvalue weighted by atomic mass is 10.2. The first-order chi connectivity index (χ1) is 9.74. The van der Waals surface area contributed by atoms with Crippen LogP contribution in [0.1, 0.15) is 5.56 Å². The number of ether oxygens (including phenoxy) is 1. The lowest BCUT2D eigenvalue weighted by Gasteiger charge is -2.22. The molecule has 0 saturated carbocycles. The van der Waals surface area contributed by atoms with Crippen LogP contribution in [-0.2, 0) is 6.54 Å². The number of nitrogens with zero attached hydrogens (tertiary/aromatic N) is 3. The maximum Gasteiger partial charge on any atom is 0.232 e. The quantitative estimate of drug-likeness (QED) is 0.875. The second-order valence-electron chi connectivity index (χ2n) is 4.16. The molecular formula is C14H16BrN3O2. The molecule has 1 aromatic carbocycles. The Hall–Kier alpha value is -1.66. The van der Waals surface area contributed by atoms with E-state index in [0.717, 1.165) is 5.56 Å². The van der Waals surface area contributed by atoms with Gasteiger partial charge in [0.2, 0.25) is 11.8 Å². The van der Waals surface area contributed by atoms with Crippen LogP contribution < -0.4 is 9.64 Å². The molecule has 1 heterocycles. The van der Waals surface area contributed by atoms with Crippen molar-refractivity contribution in [2.24, 2.45) is 0 Å². The van der Waals surface area contributed by atoms with E-state index < -0.39 is 0 Å². The average Bonchev–Trinajstić information content (AvgIpc) is 2.48. The summed E-state index contributed by atoms with van der Waals surface area (Å²) < 4.78 is 5.88. The van der Waals surface area contributed by atoms with Crippen molar-refractivity contribution in [3.63, 3.8) is 0 Å². The number of aliphatic hydroxyl groups is 1. The van der Waals surface area contributed by atoms with Crippen LogP contribution in [0.25, 0.3) is 0 Å². The minimum absolute atomic E-state index is 0.0363. The zero-order valence-electron chi connectivity index (χ0n) is 11.2. The number of aliphatic hydroxyl groups excluding tert-OH is 1. The molecule has 0 bridgehead atoms. The fourth-order valence-electron chi connectivity index (χ4n) is 1.81. The number of benzene rings is 1. The van der Waals surface area contributed by atoms with Gasteiger partial charge in [0.15, 0.2) is 0 Å². The van der Waals surface area contributed by atoms with Crippen molar-refractivity contribution in [1.82, 2.24) is 9.97 Å². The van der Waals surface area contributed by atoms with E-state index in [0.29, 0.717) is 29.4 Å². The number of hydrogen-bond acceptors (Lipinski definition) is 5. The largest absolute Gasteiger partial charge is 0.480 e. The Kier molecular flexibility index (Phi) is 5.31. The molecule has 6 heteroatoms. The zero-order chi connectivity index (χ0) is 14.4. The molecule has 1 aromatic heterocycles. The standard InChI is InChI=1S/C14H16BrN3O2/c1-20-13-12(15)9-16-14(17-13)18(7-8-19)10-11-5-3-2-4-6-11/h2-6,9,19H,7-8,10H2,1H3. The van der Waals surface area contributed by atoms with E-state index in [1.807, 2.05) is 35.2 Å². The molecule has 0 radical (unpaired) electrons. The Morgan fingerprint density at radius 3 is 2.70 bits per heavy atom. The molecule has 2 rings (SSSR count). The molecular weight excluding hydrogens is 322 g/mol. The van der Waals surface area contributed by atoms with Gasteiger partial charge < -0.3 is 14.7 Å². The van der Waals surface area contributed by atoms with Gasteiger partial charge in [-0.1, -0.05) is 30.3 Å². The number of halogens is 1. The predicted molar refractivity (Wildman–Crippen MR) is 80.9 cm³/mol. The topological polar surface area (TPSA) is 58.5 Å². The van der Waals surface area contributed by atoms with Gasteiger partial charge in [-0.3, -0.25) is 0 Å². The van der Waals surface area contributed by atoms with Crippen LogP contribution in [0.2, 0.25) is 0 Å². The summed E-state index contributed by atoms with van der Waals surface area (Å²) in [6.07, 6.45) is 1.65. The van der Waals surface area contributed by atoms with Crippen LogP contribution in [0.15, 0.2) is 41.0 Å². The van der Waals surface area contributed by atoms with E-state index in [4.69, 9.17) is 4.74 Å². The van der Waals surface area contributed by atoms with Crippen molar-refractivity contribution in [2.45, 2.75) is 6.54 Å². The number of methoxy groups -OCH3 is 1. The fourth-order valence-corrected chi connectivity index (χ4v) is 2.17. The van der Waals surface area contributed by atoms with Gasteiger partial charge >= 0.3 is 0 Å². The van der Waals surface area contributed by atoms with Crippen LogP contribution in [0, 0.1) is 0 Å². The van der Waals surface area contributed by atoms with Crippen LogP contribution in [0.3, 0.4) is 0 Å². The highest BCUT2D eigenvalue weighted by atomic mass is 79.9. The number of rotatable bonds is 6. The molecule has 0 aliphatic heterocycles. The Bertz CT molecular complexity index is 551. The highest BCUT2D eigenvalue weighted by Crippen LogP contribution is 2.24. The first-order valence-corrected chi connectivity index (χ1v) is 7.00. The molecule has 0 spiro atoms. The van der Waals surface area contributed by atoms with Crippen molar-refractivity contribution in [2.75, 3.05) is 25.2 Å². The van der Waals surface area contributed by atoms with Gasteiger partial charge in [0.05, 0.1) is 24.4 Å². The Morgan fingerprint density at radius 1 is 1.30 bits per heavy atom. The fraction of sp³-hybridized carbons (Fsp3) is 0.286. The minimum atomic E-state index is 0.0363. The van der Waals surface area contributed by atoms with Gasteiger partial charge in [0.1, 0.15) is 0 Å². The molecule has 20 heavy (non-hydrogen) atoms. The summed E-state index contributed by atoms with van der Waals surface area (Å²) in [5.74, 6) is 1.01. The minimum Gasteiger partial charge on any atom is -0.480 e. The number of anilines is 1. The van der Waals surface area contributed by atoms with E-state index in [9.17, 15) is 5.11 Å². The maximum atomic E-state index is 9.22. The summed E-state index contributed by atoms with van der Waals surface area (Å²) in [6, 6.07) is 9.99. The van der Waals surface area contributed by atoms with Crippen LogP contribution in [-0.4, -0.2) is 35.3 Å². The van der Waals surface area contributed by atoms with Gasteiger partial charge in [-0.2, -0.15) is 4.98 Å². The van der Waals surface area contributed by atoms with E-state index in [1.54, 1.807) is 13.3 Å². The highest BCUT2D eigenvalue weighted by molar-refractivity contribution is 9.10. The summed E-state index contributed by atoms with van der Waals surface area (Å²) in [5.41, 5.74) is 1.13. The van der Waals surface area contributed by atoms with Crippen molar-refractivity contribution in [3.8, 4) is 5.88 Å². The molecule has 0 atom stereocenters. The molecule has 1 N–H and O–H groups in total. The molecule has 0 aliphatic carbocycles. The Labute approximate surface area is 126 Å². The van der Waals surface area contributed by atoms with Crippen molar-refractivity contribution in [1.29, 1.82) is 0 Å². The van der Waals surface area contributed by atoms with Crippen LogP contribution in [0.5, 0.6) is 5.88 Å². The summed E-state index contributed by atoms with van der Waals surface area (Å²) >= 11 is 3.33. The third kappa shape index (κ3) is 3.68. The number of aromatic nitrogens is 2. The van der Waals surface area contributed by atoms with E-state index in [1.165, 1.54) is 0 Å². The molecule has 0 saturated heterocycles. The average molecular weight is 338 g/mol. The van der Waals surface area contributed by atoms with Crippen molar-refractivity contribution < 1.29 is 9.84 Å². The third-order valence-electron chi connectivity index (χ3n) is 2.76. The molecule has 0 amide bonds. The summed E-state index contributed by atoms with van der Waals surface area (Å²) in [7, 11) is 1.56. The predicted octanol–water partition coefficient (Wildman–Crippen LogP) is 2.25. The van der Waals surface area contributed by atoms with Crippen LogP contribution in [0.4, 0.5) is 5.95 Å². The van der Waals surface area contributed by atoms with Gasteiger partial charge in [-0.15, -0.1) is 0 Å². The molecule has 106 valence electrons. The normalized spacial score (nSPS) is 10.3. The van der Waals surface area contributed by atoms with Gasteiger partial charge in [0, 0.05) is 13.1 Å². The van der Waals surface area contributed by atoms with Gasteiger partial charge in [-0.05, 0) is 21.5 Å². The highest BCUT2D eigenvalue weighted by Gasteiger charge is 2.12. The van der Waals surface area contributed by atoms with Crippen LogP contribution >= 0.6 is 15.9 Å². The molecule has 5 nitrogen and oxygen atoms in total. The molecule has 0 fully saturated rings. The lowest BCUT2D eigenvalue weighted by Crippen LogP contribution is -2.28. The zero-order valence-corrected chi connectivity index (χ0v) is 12.7.